The van der Waals surface area contributed by atoms with Gasteiger partial charge in [0.2, 0.25) is 0 Å². The number of hydrogen-bond donors (Lipinski definition) is 1. The standard InChI is InChI=1S/C6H6F2N2O2/c7-1-4-6(12-3-11)5(2-8)10-9-4/h3H,1-2H2,(H,9,10). The van der Waals surface area contributed by atoms with E-state index in [1.165, 1.54) is 0 Å². The average molecular weight is 176 g/mol. The molecule has 0 atom stereocenters. The van der Waals surface area contributed by atoms with E-state index in [0.29, 0.717) is 0 Å². The molecule has 0 unspecified atom stereocenters. The highest BCUT2D eigenvalue weighted by molar-refractivity contribution is 5.48. The number of nitrogens with one attached hydrogen (secondary N) is 1. The van der Waals surface area contributed by atoms with Crippen molar-refractivity contribution in [1.29, 1.82) is 0 Å². The summed E-state index contributed by atoms with van der Waals surface area (Å²) in [5.41, 5.74) is -0.135. The van der Waals surface area contributed by atoms with Crippen LogP contribution < -0.4 is 4.74 Å². The van der Waals surface area contributed by atoms with E-state index in [-0.39, 0.29) is 23.6 Å². The fourth-order valence-corrected chi connectivity index (χ4v) is 0.779. The molecule has 1 aromatic rings. The number of ether oxygens (including phenoxy) is 1. The third-order valence-electron chi connectivity index (χ3n) is 1.29. The Labute approximate surface area is 66.5 Å². The zero-order chi connectivity index (χ0) is 8.97. The van der Waals surface area contributed by atoms with Gasteiger partial charge in [-0.25, -0.2) is 8.78 Å². The van der Waals surface area contributed by atoms with Crippen LogP contribution in [0.2, 0.25) is 0 Å². The van der Waals surface area contributed by atoms with Crippen LogP contribution in [0.1, 0.15) is 11.4 Å². The summed E-state index contributed by atoms with van der Waals surface area (Å²) in [6.07, 6.45) is 0. The molecule has 1 rings (SSSR count). The van der Waals surface area contributed by atoms with Gasteiger partial charge in [0.15, 0.2) is 5.75 Å². The van der Waals surface area contributed by atoms with Crippen molar-refractivity contribution in [2.75, 3.05) is 0 Å². The minimum Gasteiger partial charge on any atom is -0.425 e. The number of hydrogen-bond acceptors (Lipinski definition) is 3. The first-order valence-electron chi connectivity index (χ1n) is 3.11. The zero-order valence-corrected chi connectivity index (χ0v) is 6.01. The van der Waals surface area contributed by atoms with E-state index in [4.69, 9.17) is 0 Å². The van der Waals surface area contributed by atoms with Gasteiger partial charge in [-0.2, -0.15) is 5.10 Å². The summed E-state index contributed by atoms with van der Waals surface area (Å²) in [6, 6.07) is 0. The molecule has 66 valence electrons. The Morgan fingerprint density at radius 2 is 2.25 bits per heavy atom. The normalized spacial score (nSPS) is 9.83. The Morgan fingerprint density at radius 1 is 1.50 bits per heavy atom. The molecule has 0 bridgehead atoms. The Balaban J connectivity index is 2.98. The molecule has 1 heterocycles. The first kappa shape index (κ1) is 8.63. The molecular formula is C6H6F2N2O2. The predicted octanol–water partition coefficient (Wildman–Crippen LogP) is 0.884. The zero-order valence-electron chi connectivity index (χ0n) is 6.01. The van der Waals surface area contributed by atoms with Crippen LogP contribution in [0.5, 0.6) is 5.75 Å². The molecule has 0 aliphatic carbocycles. The van der Waals surface area contributed by atoms with Gasteiger partial charge in [-0.1, -0.05) is 0 Å². The number of H-pyrrole nitrogens is 1. The van der Waals surface area contributed by atoms with Gasteiger partial charge in [-0.15, -0.1) is 0 Å². The van der Waals surface area contributed by atoms with Crippen LogP contribution in [0.25, 0.3) is 0 Å². The van der Waals surface area contributed by atoms with Crippen molar-refractivity contribution in [3.8, 4) is 5.75 Å². The molecule has 6 heteroatoms. The second-order valence-electron chi connectivity index (χ2n) is 1.96. The molecule has 1 aromatic heterocycles. The predicted molar refractivity (Wildman–Crippen MR) is 34.9 cm³/mol. The molecule has 0 saturated heterocycles. The lowest BCUT2D eigenvalue weighted by Gasteiger charge is -1.96. The largest absolute Gasteiger partial charge is 0.425 e. The van der Waals surface area contributed by atoms with Gasteiger partial charge in [0.05, 0.1) is 0 Å². The minimum atomic E-state index is -0.903. The number of halogens is 2. The van der Waals surface area contributed by atoms with E-state index in [2.05, 4.69) is 14.9 Å². The summed E-state index contributed by atoms with van der Waals surface area (Å²) in [5.74, 6) is -0.157. The van der Waals surface area contributed by atoms with Crippen molar-refractivity contribution >= 4 is 6.47 Å². The lowest BCUT2D eigenvalue weighted by molar-refractivity contribution is -0.120. The number of nitrogens with zero attached hydrogens (tertiary/aromatic N) is 1. The third kappa shape index (κ3) is 1.41. The van der Waals surface area contributed by atoms with Gasteiger partial charge in [0.25, 0.3) is 6.47 Å². The van der Waals surface area contributed by atoms with Crippen LogP contribution in [-0.4, -0.2) is 16.7 Å². The molecule has 0 saturated carbocycles. The monoisotopic (exact) mass is 176 g/mol. The molecule has 0 aliphatic rings. The third-order valence-corrected chi connectivity index (χ3v) is 1.29. The summed E-state index contributed by atoms with van der Waals surface area (Å²) in [4.78, 5) is 9.90. The van der Waals surface area contributed by atoms with Gasteiger partial charge in [0.1, 0.15) is 24.7 Å². The summed E-state index contributed by atoms with van der Waals surface area (Å²) >= 11 is 0. The Morgan fingerprint density at radius 3 is 2.75 bits per heavy atom. The van der Waals surface area contributed by atoms with Crippen LogP contribution in [0, 0.1) is 0 Å². The van der Waals surface area contributed by atoms with Crippen LogP contribution in [0.4, 0.5) is 8.78 Å². The van der Waals surface area contributed by atoms with Crippen LogP contribution in [-0.2, 0) is 18.1 Å². The van der Waals surface area contributed by atoms with Gasteiger partial charge in [-0.05, 0) is 0 Å². The van der Waals surface area contributed by atoms with Gasteiger partial charge >= 0.3 is 0 Å². The lowest BCUT2D eigenvalue weighted by Crippen LogP contribution is -1.93. The molecule has 0 aromatic carbocycles. The van der Waals surface area contributed by atoms with Crippen LogP contribution in [0.15, 0.2) is 0 Å². The molecule has 0 amide bonds. The maximum absolute atomic E-state index is 12.1. The van der Waals surface area contributed by atoms with Gasteiger partial charge in [-0.3, -0.25) is 9.89 Å². The fourth-order valence-electron chi connectivity index (χ4n) is 0.779. The SMILES string of the molecule is O=COc1c(CF)n[nH]c1CF. The molecule has 0 spiro atoms. The topological polar surface area (TPSA) is 55.0 Å². The van der Waals surface area contributed by atoms with Crippen molar-refractivity contribution < 1.29 is 18.3 Å². The second-order valence-corrected chi connectivity index (χ2v) is 1.96. The summed E-state index contributed by atoms with van der Waals surface area (Å²) in [7, 11) is 0. The van der Waals surface area contributed by atoms with E-state index in [0.717, 1.165) is 0 Å². The minimum absolute atomic E-state index is 0.0326. The van der Waals surface area contributed by atoms with Crippen molar-refractivity contribution in [2.24, 2.45) is 0 Å². The Kier molecular flexibility index (Phi) is 2.73. The number of carbonyl (C=O) groups excluding carboxylic acids is 1. The van der Waals surface area contributed by atoms with Crippen LogP contribution in [0.3, 0.4) is 0 Å². The highest BCUT2D eigenvalue weighted by Crippen LogP contribution is 2.22. The van der Waals surface area contributed by atoms with Gasteiger partial charge in [0, 0.05) is 0 Å². The molecule has 1 N–H and O–H groups in total. The summed E-state index contributed by atoms with van der Waals surface area (Å²) < 4.78 is 28.5. The molecule has 4 nitrogen and oxygen atoms in total. The van der Waals surface area contributed by atoms with E-state index in [1.54, 1.807) is 0 Å². The van der Waals surface area contributed by atoms with Gasteiger partial charge < -0.3 is 4.74 Å². The fraction of sp³-hybridized carbons (Fsp3) is 0.333. The molecular weight excluding hydrogens is 170 g/mol. The van der Waals surface area contributed by atoms with Crippen molar-refractivity contribution in [3.63, 3.8) is 0 Å². The number of aromatic nitrogens is 2. The quantitative estimate of drug-likeness (QED) is 0.693. The Bertz CT molecular complexity index is 253. The highest BCUT2D eigenvalue weighted by atomic mass is 19.1. The first-order valence-corrected chi connectivity index (χ1v) is 3.11. The van der Waals surface area contributed by atoms with Crippen molar-refractivity contribution in [1.82, 2.24) is 10.2 Å². The van der Waals surface area contributed by atoms with E-state index in [9.17, 15) is 13.6 Å². The number of aromatic amines is 1. The molecule has 12 heavy (non-hydrogen) atoms. The van der Waals surface area contributed by atoms with E-state index < -0.39 is 13.3 Å². The van der Waals surface area contributed by atoms with Crippen molar-refractivity contribution in [3.05, 3.63) is 11.4 Å². The summed E-state index contributed by atoms with van der Waals surface area (Å²) in [6.45, 7) is -1.68. The van der Waals surface area contributed by atoms with E-state index >= 15 is 0 Å². The molecule has 0 fully saturated rings. The summed E-state index contributed by atoms with van der Waals surface area (Å²) in [5, 5.41) is 5.61. The second kappa shape index (κ2) is 3.80. The van der Waals surface area contributed by atoms with Crippen molar-refractivity contribution in [2.45, 2.75) is 13.3 Å². The number of carbonyl (C=O) groups is 1. The average Bonchev–Trinajstić information content (AvgIpc) is 2.48. The smallest absolute Gasteiger partial charge is 0.298 e. The number of rotatable bonds is 4. The Hall–Kier alpha value is -1.46. The maximum Gasteiger partial charge on any atom is 0.298 e. The van der Waals surface area contributed by atoms with E-state index in [1.807, 2.05) is 0 Å². The van der Waals surface area contributed by atoms with Crippen LogP contribution >= 0.6 is 0 Å². The highest BCUT2D eigenvalue weighted by Gasteiger charge is 2.13. The molecule has 0 aliphatic heterocycles. The molecule has 0 radical (unpaired) electrons. The maximum atomic E-state index is 12.1. The lowest BCUT2D eigenvalue weighted by atomic mass is 10.3. The number of alkyl halides is 2. The first-order chi connectivity index (χ1) is 5.83.